The number of anilines is 1. The zero-order valence-corrected chi connectivity index (χ0v) is 13.8. The van der Waals surface area contributed by atoms with Gasteiger partial charge in [0.1, 0.15) is 0 Å². The molecule has 1 saturated heterocycles. The maximum atomic E-state index is 13.0. The van der Waals surface area contributed by atoms with Gasteiger partial charge in [-0.3, -0.25) is 14.5 Å². The average molecular weight is 329 g/mol. The molecule has 2 aromatic rings. The Morgan fingerprint density at radius 1 is 0.680 bits per heavy atom. The molecule has 1 saturated carbocycles. The van der Waals surface area contributed by atoms with E-state index in [2.05, 4.69) is 24.3 Å². The number of allylic oxidation sites excluding steroid dienone is 2. The van der Waals surface area contributed by atoms with Gasteiger partial charge in [0.15, 0.2) is 0 Å². The Kier molecular flexibility index (Phi) is 3.17. The van der Waals surface area contributed by atoms with Crippen LogP contribution < -0.4 is 4.90 Å². The highest BCUT2D eigenvalue weighted by Gasteiger charge is 2.56. The lowest BCUT2D eigenvalue weighted by Crippen LogP contribution is -2.38. The molecule has 1 aliphatic heterocycles. The van der Waals surface area contributed by atoms with Crippen LogP contribution in [0, 0.1) is 23.7 Å². The zero-order chi connectivity index (χ0) is 17.0. The van der Waals surface area contributed by atoms with Crippen LogP contribution in [0.3, 0.4) is 0 Å². The molecule has 0 spiro atoms. The van der Waals surface area contributed by atoms with Crippen LogP contribution in [-0.4, -0.2) is 11.8 Å². The van der Waals surface area contributed by atoms with Gasteiger partial charge in [0, 0.05) is 0 Å². The third-order valence-electron chi connectivity index (χ3n) is 5.99. The summed E-state index contributed by atoms with van der Waals surface area (Å²) in [6, 6.07) is 17.9. The first-order valence-electron chi connectivity index (χ1n) is 8.95. The molecule has 2 bridgehead atoms. The van der Waals surface area contributed by atoms with Gasteiger partial charge < -0.3 is 0 Å². The van der Waals surface area contributed by atoms with E-state index >= 15 is 0 Å². The molecule has 4 aliphatic rings. The monoisotopic (exact) mass is 329 g/mol. The summed E-state index contributed by atoms with van der Waals surface area (Å²) in [5.41, 5.74) is 2.91. The van der Waals surface area contributed by atoms with E-state index in [0.717, 1.165) is 24.0 Å². The summed E-state index contributed by atoms with van der Waals surface area (Å²) >= 11 is 0. The van der Waals surface area contributed by atoms with Gasteiger partial charge in [0.2, 0.25) is 11.8 Å². The molecule has 3 aliphatic carbocycles. The Morgan fingerprint density at radius 3 is 1.72 bits per heavy atom. The van der Waals surface area contributed by atoms with Crippen molar-refractivity contribution in [1.29, 1.82) is 0 Å². The van der Waals surface area contributed by atoms with Crippen molar-refractivity contribution in [1.82, 2.24) is 0 Å². The van der Waals surface area contributed by atoms with E-state index in [1.54, 1.807) is 0 Å². The Hall–Kier alpha value is -2.68. The maximum absolute atomic E-state index is 13.0. The number of hydrogen-bond acceptors (Lipinski definition) is 2. The molecule has 0 unspecified atom stereocenters. The first kappa shape index (κ1) is 14.6. The molecule has 25 heavy (non-hydrogen) atoms. The van der Waals surface area contributed by atoms with Crippen LogP contribution in [0.2, 0.25) is 0 Å². The number of rotatable bonds is 2. The van der Waals surface area contributed by atoms with Gasteiger partial charge in [0.25, 0.3) is 0 Å². The molecule has 0 aromatic heterocycles. The summed E-state index contributed by atoms with van der Waals surface area (Å²) in [4.78, 5) is 27.4. The second-order valence-electron chi connectivity index (χ2n) is 7.27. The standard InChI is InChI=1S/C22H19NO2/c24-21-19-16-6-7-17(9-8-16)20(19)22(25)23(21)18-12-10-15(11-13-18)14-4-2-1-3-5-14/h1-7,10-13,16-17,19-20H,8-9H2/t16-,17-,19-,20+/m0/s1. The molecular weight excluding hydrogens is 310 g/mol. The Balaban J connectivity index is 1.48. The smallest absolute Gasteiger partial charge is 0.238 e. The van der Waals surface area contributed by atoms with E-state index in [0.29, 0.717) is 5.69 Å². The van der Waals surface area contributed by atoms with Crippen molar-refractivity contribution in [2.75, 3.05) is 4.90 Å². The lowest BCUT2D eigenvalue weighted by molar-refractivity contribution is -0.124. The van der Waals surface area contributed by atoms with Crippen molar-refractivity contribution in [3.63, 3.8) is 0 Å². The first-order valence-corrected chi connectivity index (χ1v) is 8.95. The van der Waals surface area contributed by atoms with Crippen LogP contribution in [0.15, 0.2) is 66.7 Å². The number of carbonyl (C=O) groups excluding carboxylic acids is 2. The fraction of sp³-hybridized carbons (Fsp3) is 0.273. The molecule has 3 nitrogen and oxygen atoms in total. The topological polar surface area (TPSA) is 37.4 Å². The SMILES string of the molecule is O=C1[C@@H]2[C@H](C(=O)N1c1ccc(-c3ccccc3)cc1)[C@H]1C=C[C@H]2CC1. The van der Waals surface area contributed by atoms with Crippen molar-refractivity contribution >= 4 is 17.5 Å². The van der Waals surface area contributed by atoms with Crippen molar-refractivity contribution in [2.24, 2.45) is 23.7 Å². The van der Waals surface area contributed by atoms with Gasteiger partial charge in [-0.15, -0.1) is 0 Å². The van der Waals surface area contributed by atoms with Crippen molar-refractivity contribution in [3.8, 4) is 11.1 Å². The molecule has 2 fully saturated rings. The predicted octanol–water partition coefficient (Wildman–Crippen LogP) is 4.06. The summed E-state index contributed by atoms with van der Waals surface area (Å²) in [5, 5.41) is 0. The van der Waals surface area contributed by atoms with Gasteiger partial charge in [-0.05, 0) is 47.9 Å². The number of carbonyl (C=O) groups is 2. The Labute approximate surface area is 147 Å². The number of benzene rings is 2. The number of imide groups is 1. The minimum Gasteiger partial charge on any atom is -0.274 e. The average Bonchev–Trinajstić information content (AvgIpc) is 2.97. The van der Waals surface area contributed by atoms with Crippen LogP contribution >= 0.6 is 0 Å². The molecule has 4 atom stereocenters. The summed E-state index contributed by atoms with van der Waals surface area (Å²) in [5.74, 6) is 0.151. The minimum absolute atomic E-state index is 0.0125. The molecule has 6 rings (SSSR count). The third-order valence-corrected chi connectivity index (χ3v) is 5.99. The molecule has 124 valence electrons. The van der Waals surface area contributed by atoms with Crippen LogP contribution in [0.25, 0.3) is 11.1 Å². The van der Waals surface area contributed by atoms with Crippen LogP contribution in [0.1, 0.15) is 12.8 Å². The minimum atomic E-state index is -0.148. The summed E-state index contributed by atoms with van der Waals surface area (Å²) < 4.78 is 0. The molecular formula is C22H19NO2. The second-order valence-corrected chi connectivity index (χ2v) is 7.27. The number of hydrogen-bond donors (Lipinski definition) is 0. The lowest BCUT2D eigenvalue weighted by atomic mass is 9.63. The quantitative estimate of drug-likeness (QED) is 0.615. The summed E-state index contributed by atoms with van der Waals surface area (Å²) in [6.45, 7) is 0. The number of amides is 2. The van der Waals surface area contributed by atoms with E-state index in [-0.39, 0.29) is 35.5 Å². The number of nitrogens with zero attached hydrogens (tertiary/aromatic N) is 1. The van der Waals surface area contributed by atoms with E-state index in [4.69, 9.17) is 0 Å². The van der Waals surface area contributed by atoms with Gasteiger partial charge >= 0.3 is 0 Å². The molecule has 0 N–H and O–H groups in total. The van der Waals surface area contributed by atoms with E-state index < -0.39 is 0 Å². The molecule has 3 heteroatoms. The largest absolute Gasteiger partial charge is 0.274 e. The Morgan fingerprint density at radius 2 is 1.20 bits per heavy atom. The fourth-order valence-corrected chi connectivity index (χ4v) is 4.76. The highest BCUT2D eigenvalue weighted by Crippen LogP contribution is 2.50. The third kappa shape index (κ3) is 2.12. The van der Waals surface area contributed by atoms with Gasteiger partial charge in [-0.2, -0.15) is 0 Å². The molecule has 2 aromatic carbocycles. The summed E-state index contributed by atoms with van der Waals surface area (Å²) in [7, 11) is 0. The predicted molar refractivity (Wildman–Crippen MR) is 96.7 cm³/mol. The van der Waals surface area contributed by atoms with Crippen LogP contribution in [0.5, 0.6) is 0 Å². The van der Waals surface area contributed by atoms with Gasteiger partial charge in [0.05, 0.1) is 17.5 Å². The lowest BCUT2D eigenvalue weighted by Gasteiger charge is -2.38. The van der Waals surface area contributed by atoms with Crippen molar-refractivity contribution in [2.45, 2.75) is 12.8 Å². The molecule has 2 amide bonds. The van der Waals surface area contributed by atoms with Gasteiger partial charge in [-0.1, -0.05) is 54.6 Å². The fourth-order valence-electron chi connectivity index (χ4n) is 4.76. The highest BCUT2D eigenvalue weighted by molar-refractivity contribution is 6.22. The number of fused-ring (bicyclic) bond motifs is 1. The normalized spacial score (nSPS) is 30.0. The molecule has 1 heterocycles. The van der Waals surface area contributed by atoms with Gasteiger partial charge in [-0.25, -0.2) is 0 Å². The second kappa shape index (κ2) is 5.41. The summed E-state index contributed by atoms with van der Waals surface area (Å²) in [6.07, 6.45) is 6.37. The van der Waals surface area contributed by atoms with E-state index in [9.17, 15) is 9.59 Å². The van der Waals surface area contributed by atoms with Crippen molar-refractivity contribution < 1.29 is 9.59 Å². The van der Waals surface area contributed by atoms with Crippen LogP contribution in [-0.2, 0) is 9.59 Å². The highest BCUT2D eigenvalue weighted by atomic mass is 16.2. The zero-order valence-electron chi connectivity index (χ0n) is 13.8. The molecule has 0 radical (unpaired) electrons. The Bertz CT molecular complexity index is 837. The maximum Gasteiger partial charge on any atom is 0.238 e. The van der Waals surface area contributed by atoms with Crippen LogP contribution in [0.4, 0.5) is 5.69 Å². The first-order chi connectivity index (χ1) is 12.2. The van der Waals surface area contributed by atoms with E-state index in [1.807, 2.05) is 42.5 Å². The van der Waals surface area contributed by atoms with Crippen molar-refractivity contribution in [3.05, 3.63) is 66.7 Å². The van der Waals surface area contributed by atoms with E-state index in [1.165, 1.54) is 4.90 Å².